The highest BCUT2D eigenvalue weighted by atomic mass is 35.5. The van der Waals surface area contributed by atoms with E-state index in [4.69, 9.17) is 21.1 Å². The molecule has 0 aliphatic carbocycles. The van der Waals surface area contributed by atoms with Gasteiger partial charge in [-0.2, -0.15) is 13.2 Å². The Morgan fingerprint density at radius 1 is 1.00 bits per heavy atom. The topological polar surface area (TPSA) is 21.7 Å². The van der Waals surface area contributed by atoms with Crippen molar-refractivity contribution in [1.29, 1.82) is 0 Å². The zero-order chi connectivity index (χ0) is 22.6. The molecule has 0 radical (unpaired) electrons. The lowest BCUT2D eigenvalue weighted by atomic mass is 10.1. The van der Waals surface area contributed by atoms with Crippen molar-refractivity contribution in [3.05, 3.63) is 100 Å². The molecule has 7 heteroatoms. The van der Waals surface area contributed by atoms with Gasteiger partial charge in [-0.05, 0) is 29.3 Å². The average molecular weight is 462 g/mol. The van der Waals surface area contributed by atoms with Crippen molar-refractivity contribution >= 4 is 11.6 Å². The predicted molar refractivity (Wildman–Crippen MR) is 118 cm³/mol. The lowest BCUT2D eigenvalue weighted by Gasteiger charge is -2.33. The van der Waals surface area contributed by atoms with Gasteiger partial charge in [-0.15, -0.1) is 0 Å². The second-order valence-electron chi connectivity index (χ2n) is 7.71. The lowest BCUT2D eigenvalue weighted by Crippen LogP contribution is -2.37. The maximum atomic E-state index is 13.2. The minimum absolute atomic E-state index is 0.0623. The number of alkyl halides is 3. The van der Waals surface area contributed by atoms with Crippen LogP contribution in [0.15, 0.2) is 72.8 Å². The summed E-state index contributed by atoms with van der Waals surface area (Å²) < 4.78 is 51.1. The molecule has 1 saturated heterocycles. The van der Waals surface area contributed by atoms with Crippen LogP contribution >= 0.6 is 11.6 Å². The van der Waals surface area contributed by atoms with E-state index in [-0.39, 0.29) is 18.3 Å². The third-order valence-electron chi connectivity index (χ3n) is 5.43. The molecule has 1 aliphatic rings. The molecule has 168 valence electrons. The number of nitrogens with zero attached hydrogens (tertiary/aromatic N) is 1. The van der Waals surface area contributed by atoms with Gasteiger partial charge in [0, 0.05) is 25.2 Å². The van der Waals surface area contributed by atoms with Gasteiger partial charge in [0.1, 0.15) is 12.4 Å². The molecular formula is C25H23ClF3NO2. The normalized spacial score (nSPS) is 17.3. The summed E-state index contributed by atoms with van der Waals surface area (Å²) in [5, 5.41) is 0.343. The predicted octanol–water partition coefficient (Wildman–Crippen LogP) is 6.51. The van der Waals surface area contributed by atoms with Crippen molar-refractivity contribution in [3.8, 4) is 5.75 Å². The fraction of sp³-hybridized carbons (Fsp3) is 0.280. The van der Waals surface area contributed by atoms with Crippen molar-refractivity contribution in [2.75, 3.05) is 19.7 Å². The Morgan fingerprint density at radius 2 is 1.75 bits per heavy atom. The molecule has 32 heavy (non-hydrogen) atoms. The summed E-state index contributed by atoms with van der Waals surface area (Å²) in [5.74, 6) is 0.337. The van der Waals surface area contributed by atoms with Gasteiger partial charge >= 0.3 is 6.18 Å². The average Bonchev–Trinajstić information content (AvgIpc) is 2.79. The Labute approximate surface area is 190 Å². The van der Waals surface area contributed by atoms with Crippen molar-refractivity contribution in [1.82, 2.24) is 4.90 Å². The second-order valence-corrected chi connectivity index (χ2v) is 8.12. The van der Waals surface area contributed by atoms with Crippen LogP contribution in [0.1, 0.15) is 28.4 Å². The largest absolute Gasteiger partial charge is 0.487 e. The van der Waals surface area contributed by atoms with Crippen molar-refractivity contribution in [2.24, 2.45) is 0 Å². The molecule has 1 fully saturated rings. The van der Waals surface area contributed by atoms with Crippen LogP contribution in [0.3, 0.4) is 0 Å². The molecule has 0 amide bonds. The summed E-state index contributed by atoms with van der Waals surface area (Å²) >= 11 is 6.39. The minimum atomic E-state index is -4.43. The summed E-state index contributed by atoms with van der Waals surface area (Å²) in [5.41, 5.74) is 1.51. The standard InChI is InChI=1S/C25H23ClF3NO2/c26-22-14-19(24-16-30(12-13-31-24)15-18-6-2-1-3-7-18)10-11-23(22)32-17-20-8-4-5-9-21(20)25(27,28)29/h1-11,14,24H,12-13,15-17H2. The Balaban J connectivity index is 1.41. The number of hydrogen-bond acceptors (Lipinski definition) is 3. The molecule has 1 heterocycles. The fourth-order valence-corrected chi connectivity index (χ4v) is 4.05. The molecule has 0 N–H and O–H groups in total. The number of ether oxygens (including phenoxy) is 2. The van der Waals surface area contributed by atoms with Gasteiger partial charge in [0.25, 0.3) is 0 Å². The number of hydrogen-bond donors (Lipinski definition) is 0. The van der Waals surface area contributed by atoms with Gasteiger partial charge in [0.15, 0.2) is 0 Å². The van der Waals surface area contributed by atoms with Crippen molar-refractivity contribution in [3.63, 3.8) is 0 Å². The fourth-order valence-electron chi connectivity index (χ4n) is 3.80. The van der Waals surface area contributed by atoms with E-state index < -0.39 is 11.7 Å². The van der Waals surface area contributed by atoms with Crippen LogP contribution < -0.4 is 4.74 Å². The quantitative estimate of drug-likeness (QED) is 0.417. The first-order valence-electron chi connectivity index (χ1n) is 10.4. The van der Waals surface area contributed by atoms with E-state index in [0.29, 0.717) is 17.4 Å². The third kappa shape index (κ3) is 5.63. The van der Waals surface area contributed by atoms with E-state index in [1.165, 1.54) is 17.7 Å². The molecule has 0 saturated carbocycles. The first-order chi connectivity index (χ1) is 15.4. The third-order valence-corrected chi connectivity index (χ3v) is 5.73. The Hall–Kier alpha value is -2.54. The second kappa shape index (κ2) is 9.94. The van der Waals surface area contributed by atoms with Crippen molar-refractivity contribution < 1.29 is 22.6 Å². The molecule has 1 atom stereocenters. The molecule has 0 spiro atoms. The van der Waals surface area contributed by atoms with Crippen LogP contribution in [0.25, 0.3) is 0 Å². The first-order valence-corrected chi connectivity index (χ1v) is 10.7. The Kier molecular flexibility index (Phi) is 7.04. The van der Waals surface area contributed by atoms with Gasteiger partial charge in [-0.3, -0.25) is 4.90 Å². The lowest BCUT2D eigenvalue weighted by molar-refractivity contribution is -0.138. The molecule has 3 nitrogen and oxygen atoms in total. The molecule has 1 aliphatic heterocycles. The number of rotatable bonds is 6. The molecular weight excluding hydrogens is 439 g/mol. The summed E-state index contributed by atoms with van der Waals surface area (Å²) in [7, 11) is 0. The van der Waals surface area contributed by atoms with Crippen LogP contribution in [-0.4, -0.2) is 24.6 Å². The van der Waals surface area contributed by atoms with Gasteiger partial charge < -0.3 is 9.47 Å². The van der Waals surface area contributed by atoms with Crippen LogP contribution in [0.5, 0.6) is 5.75 Å². The first kappa shape index (κ1) is 22.6. The maximum Gasteiger partial charge on any atom is 0.416 e. The van der Waals surface area contributed by atoms with Gasteiger partial charge in [-0.1, -0.05) is 66.2 Å². The van der Waals surface area contributed by atoms with E-state index in [9.17, 15) is 13.2 Å². The SMILES string of the molecule is FC(F)(F)c1ccccc1COc1ccc(C2CN(Cc3ccccc3)CCO2)cc1Cl. The van der Waals surface area contributed by atoms with Crippen LogP contribution in [-0.2, 0) is 24.1 Å². The summed E-state index contributed by atoms with van der Waals surface area (Å²) in [6.45, 7) is 2.80. The van der Waals surface area contributed by atoms with E-state index in [0.717, 1.165) is 31.3 Å². The van der Waals surface area contributed by atoms with E-state index in [1.807, 2.05) is 24.3 Å². The van der Waals surface area contributed by atoms with E-state index in [2.05, 4.69) is 17.0 Å². The molecule has 0 aromatic heterocycles. The zero-order valence-electron chi connectivity index (χ0n) is 17.3. The van der Waals surface area contributed by atoms with Crippen molar-refractivity contribution in [2.45, 2.75) is 25.4 Å². The highest BCUT2D eigenvalue weighted by Crippen LogP contribution is 2.34. The highest BCUT2D eigenvalue weighted by Gasteiger charge is 2.33. The monoisotopic (exact) mass is 461 g/mol. The maximum absolute atomic E-state index is 13.2. The number of benzene rings is 3. The molecule has 3 aromatic rings. The minimum Gasteiger partial charge on any atom is -0.487 e. The summed E-state index contributed by atoms with van der Waals surface area (Å²) in [6.07, 6.45) is -4.57. The smallest absolute Gasteiger partial charge is 0.416 e. The molecule has 0 bridgehead atoms. The highest BCUT2D eigenvalue weighted by molar-refractivity contribution is 6.32. The summed E-state index contributed by atoms with van der Waals surface area (Å²) in [4.78, 5) is 2.33. The molecule has 3 aromatic carbocycles. The Morgan fingerprint density at radius 3 is 2.50 bits per heavy atom. The van der Waals surface area contributed by atoms with E-state index >= 15 is 0 Å². The van der Waals surface area contributed by atoms with Gasteiger partial charge in [0.05, 0.1) is 23.3 Å². The van der Waals surface area contributed by atoms with Crippen LogP contribution in [0.2, 0.25) is 5.02 Å². The number of halogens is 4. The zero-order valence-corrected chi connectivity index (χ0v) is 18.1. The summed E-state index contributed by atoms with van der Waals surface area (Å²) in [6, 6.07) is 20.9. The van der Waals surface area contributed by atoms with Gasteiger partial charge in [-0.25, -0.2) is 0 Å². The van der Waals surface area contributed by atoms with Crippen LogP contribution in [0, 0.1) is 0 Å². The Bertz CT molecular complexity index is 1040. The van der Waals surface area contributed by atoms with Crippen LogP contribution in [0.4, 0.5) is 13.2 Å². The molecule has 4 rings (SSSR count). The van der Waals surface area contributed by atoms with E-state index in [1.54, 1.807) is 18.2 Å². The number of morpholine rings is 1. The van der Waals surface area contributed by atoms with Gasteiger partial charge in [0.2, 0.25) is 0 Å². The molecule has 1 unspecified atom stereocenters.